The molecule has 0 aromatic heterocycles. The highest BCUT2D eigenvalue weighted by Crippen LogP contribution is 2.50. The molecule has 3 nitrogen and oxygen atoms in total. The van der Waals surface area contributed by atoms with Crippen LogP contribution >= 0.6 is 12.4 Å². The lowest BCUT2D eigenvalue weighted by molar-refractivity contribution is -0.132. The van der Waals surface area contributed by atoms with Crippen molar-refractivity contribution < 1.29 is 13.6 Å². The molecule has 1 saturated carbocycles. The van der Waals surface area contributed by atoms with Crippen LogP contribution in [0.3, 0.4) is 0 Å². The smallest absolute Gasteiger partial charge is 0.226 e. The number of carbonyl (C=O) groups is 1. The third-order valence-corrected chi connectivity index (χ3v) is 4.83. The summed E-state index contributed by atoms with van der Waals surface area (Å²) in [6.07, 6.45) is 1.51. The van der Waals surface area contributed by atoms with Crippen molar-refractivity contribution in [2.24, 2.45) is 17.1 Å². The third-order valence-electron chi connectivity index (χ3n) is 4.83. The monoisotopic (exact) mass is 330 g/mol. The summed E-state index contributed by atoms with van der Waals surface area (Å²) in [4.78, 5) is 14.3. The maximum absolute atomic E-state index is 13.7. The number of hydrogen-bond acceptors (Lipinski definition) is 2. The highest BCUT2D eigenvalue weighted by Gasteiger charge is 2.49. The fourth-order valence-electron chi connectivity index (χ4n) is 3.22. The molecule has 1 aromatic carbocycles. The lowest BCUT2D eigenvalue weighted by atomic mass is 9.90. The maximum atomic E-state index is 13.7. The normalized spacial score (nSPS) is 30.1. The molecule has 3 unspecified atom stereocenters. The van der Waals surface area contributed by atoms with E-state index in [4.69, 9.17) is 5.73 Å². The first-order valence-corrected chi connectivity index (χ1v) is 7.37. The zero-order chi connectivity index (χ0) is 15.2. The zero-order valence-electron chi connectivity index (χ0n) is 12.5. The van der Waals surface area contributed by atoms with Crippen LogP contribution in [0.25, 0.3) is 0 Å². The van der Waals surface area contributed by atoms with E-state index in [1.807, 2.05) is 4.90 Å². The summed E-state index contributed by atoms with van der Waals surface area (Å²) in [7, 11) is 0. The average Bonchev–Trinajstić information content (AvgIpc) is 3.16. The Labute approximate surface area is 135 Å². The molecule has 122 valence electrons. The lowest BCUT2D eigenvalue weighted by Gasteiger charge is -2.22. The Morgan fingerprint density at radius 3 is 2.82 bits per heavy atom. The van der Waals surface area contributed by atoms with Gasteiger partial charge in [-0.25, -0.2) is 8.78 Å². The number of hydrogen-bond donors (Lipinski definition) is 1. The van der Waals surface area contributed by atoms with E-state index in [0.29, 0.717) is 31.6 Å². The van der Waals surface area contributed by atoms with Crippen molar-refractivity contribution in [1.82, 2.24) is 4.90 Å². The number of amides is 1. The Morgan fingerprint density at radius 1 is 1.45 bits per heavy atom. The SMILES string of the molecule is CC1(CN)CCN(C(=O)C2CC2c2cc(F)ccc2F)C1.Cl. The van der Waals surface area contributed by atoms with Crippen LogP contribution in [0.4, 0.5) is 8.78 Å². The van der Waals surface area contributed by atoms with E-state index in [-0.39, 0.29) is 35.6 Å². The first-order chi connectivity index (χ1) is 9.93. The zero-order valence-corrected chi connectivity index (χ0v) is 13.3. The molecule has 1 amide bonds. The molecule has 0 spiro atoms. The molecule has 1 heterocycles. The van der Waals surface area contributed by atoms with Gasteiger partial charge in [-0.2, -0.15) is 0 Å². The van der Waals surface area contributed by atoms with Gasteiger partial charge in [0, 0.05) is 19.0 Å². The van der Waals surface area contributed by atoms with E-state index in [1.165, 1.54) is 6.07 Å². The Hall–Kier alpha value is -1.20. The van der Waals surface area contributed by atoms with Gasteiger partial charge in [-0.1, -0.05) is 6.92 Å². The van der Waals surface area contributed by atoms with Gasteiger partial charge in [-0.3, -0.25) is 4.79 Å². The number of nitrogens with zero attached hydrogens (tertiary/aromatic N) is 1. The van der Waals surface area contributed by atoms with Gasteiger partial charge < -0.3 is 10.6 Å². The molecule has 2 N–H and O–H groups in total. The second-order valence-electron chi connectivity index (χ2n) is 6.64. The molecule has 0 radical (unpaired) electrons. The number of likely N-dealkylation sites (tertiary alicyclic amines) is 1. The van der Waals surface area contributed by atoms with Crippen LogP contribution in [-0.2, 0) is 4.79 Å². The van der Waals surface area contributed by atoms with Crippen LogP contribution in [0.5, 0.6) is 0 Å². The highest BCUT2D eigenvalue weighted by molar-refractivity contribution is 5.85. The average molecular weight is 331 g/mol. The van der Waals surface area contributed by atoms with E-state index in [2.05, 4.69) is 6.92 Å². The minimum Gasteiger partial charge on any atom is -0.342 e. The minimum absolute atomic E-state index is 0. The molecule has 1 saturated heterocycles. The molecule has 1 aromatic rings. The second-order valence-corrected chi connectivity index (χ2v) is 6.64. The Balaban J connectivity index is 0.00000176. The van der Waals surface area contributed by atoms with Crippen LogP contribution in [0.15, 0.2) is 18.2 Å². The summed E-state index contributed by atoms with van der Waals surface area (Å²) < 4.78 is 27.0. The van der Waals surface area contributed by atoms with Crippen molar-refractivity contribution in [3.63, 3.8) is 0 Å². The summed E-state index contributed by atoms with van der Waals surface area (Å²) in [5, 5.41) is 0. The van der Waals surface area contributed by atoms with Crippen LogP contribution in [0.2, 0.25) is 0 Å². The third kappa shape index (κ3) is 3.10. The van der Waals surface area contributed by atoms with E-state index >= 15 is 0 Å². The molecule has 6 heteroatoms. The van der Waals surface area contributed by atoms with E-state index in [0.717, 1.165) is 18.6 Å². The van der Waals surface area contributed by atoms with Crippen molar-refractivity contribution in [2.75, 3.05) is 19.6 Å². The Kier molecular flexibility index (Phi) is 4.78. The van der Waals surface area contributed by atoms with Gasteiger partial charge in [-0.05, 0) is 54.5 Å². The highest BCUT2D eigenvalue weighted by atomic mass is 35.5. The summed E-state index contributed by atoms with van der Waals surface area (Å²) in [5.74, 6) is -1.22. The quantitative estimate of drug-likeness (QED) is 0.926. The second kappa shape index (κ2) is 6.13. The van der Waals surface area contributed by atoms with Gasteiger partial charge in [0.1, 0.15) is 11.6 Å². The van der Waals surface area contributed by atoms with Crippen molar-refractivity contribution in [2.45, 2.75) is 25.7 Å². The van der Waals surface area contributed by atoms with Crippen LogP contribution in [0.1, 0.15) is 31.2 Å². The van der Waals surface area contributed by atoms with E-state index in [1.54, 1.807) is 0 Å². The molecular weight excluding hydrogens is 310 g/mol. The topological polar surface area (TPSA) is 46.3 Å². The Bertz CT molecular complexity index is 583. The molecular formula is C16H21ClF2N2O. The van der Waals surface area contributed by atoms with Gasteiger partial charge in [0.05, 0.1) is 0 Å². The van der Waals surface area contributed by atoms with Gasteiger partial charge in [-0.15, -0.1) is 12.4 Å². The molecule has 0 bridgehead atoms. The molecule has 1 aliphatic carbocycles. The summed E-state index contributed by atoms with van der Waals surface area (Å²) in [6, 6.07) is 3.44. The minimum atomic E-state index is -0.457. The number of halogens is 3. The van der Waals surface area contributed by atoms with Crippen LogP contribution in [-0.4, -0.2) is 30.4 Å². The van der Waals surface area contributed by atoms with Crippen molar-refractivity contribution in [1.29, 1.82) is 0 Å². The largest absolute Gasteiger partial charge is 0.342 e. The predicted octanol–water partition coefficient (Wildman–Crippen LogP) is 2.69. The first-order valence-electron chi connectivity index (χ1n) is 7.37. The van der Waals surface area contributed by atoms with E-state index in [9.17, 15) is 13.6 Å². The molecule has 1 aliphatic heterocycles. The van der Waals surface area contributed by atoms with Crippen molar-refractivity contribution in [3.8, 4) is 0 Å². The fourth-order valence-corrected chi connectivity index (χ4v) is 3.22. The first kappa shape index (κ1) is 17.2. The van der Waals surface area contributed by atoms with E-state index < -0.39 is 11.6 Å². The number of carbonyl (C=O) groups excluding carboxylic acids is 1. The van der Waals surface area contributed by atoms with Gasteiger partial charge in [0.25, 0.3) is 0 Å². The fraction of sp³-hybridized carbons (Fsp3) is 0.562. The van der Waals surface area contributed by atoms with Gasteiger partial charge in [0.2, 0.25) is 5.91 Å². The Morgan fingerprint density at radius 2 is 2.18 bits per heavy atom. The summed E-state index contributed by atoms with van der Waals surface area (Å²) in [6.45, 7) is 4.01. The van der Waals surface area contributed by atoms with Crippen molar-refractivity contribution >= 4 is 18.3 Å². The van der Waals surface area contributed by atoms with Crippen LogP contribution in [0, 0.1) is 23.0 Å². The molecule has 2 fully saturated rings. The van der Waals surface area contributed by atoms with Crippen molar-refractivity contribution in [3.05, 3.63) is 35.4 Å². The number of nitrogens with two attached hydrogens (primary N) is 1. The number of rotatable bonds is 3. The van der Waals surface area contributed by atoms with Gasteiger partial charge in [0.15, 0.2) is 0 Å². The molecule has 2 aliphatic rings. The lowest BCUT2D eigenvalue weighted by Crippen LogP contribution is -2.35. The number of benzene rings is 1. The van der Waals surface area contributed by atoms with Gasteiger partial charge >= 0.3 is 0 Å². The summed E-state index contributed by atoms with van der Waals surface area (Å²) >= 11 is 0. The van der Waals surface area contributed by atoms with Crippen LogP contribution < -0.4 is 5.73 Å². The predicted molar refractivity (Wildman–Crippen MR) is 82.8 cm³/mol. The summed E-state index contributed by atoms with van der Waals surface area (Å²) in [5.41, 5.74) is 6.07. The standard InChI is InChI=1S/C16H20F2N2O.ClH/c1-16(8-19)4-5-20(9-16)15(21)13-7-11(13)12-6-10(17)2-3-14(12)18;/h2-3,6,11,13H,4-5,7-9,19H2,1H3;1H. The molecule has 3 atom stereocenters. The maximum Gasteiger partial charge on any atom is 0.226 e. The molecule has 3 rings (SSSR count). The molecule has 22 heavy (non-hydrogen) atoms.